The number of aromatic nitrogens is 2. The zero-order chi connectivity index (χ0) is 23.4. The third-order valence-electron chi connectivity index (χ3n) is 5.92. The van der Waals surface area contributed by atoms with Crippen molar-refractivity contribution in [2.45, 2.75) is 24.7 Å². The lowest BCUT2D eigenvalue weighted by molar-refractivity contribution is 0.383. The molecular weight excluding hydrogens is 439 g/mol. The molecule has 0 saturated carbocycles. The van der Waals surface area contributed by atoms with Crippen molar-refractivity contribution in [3.8, 4) is 0 Å². The van der Waals surface area contributed by atoms with Crippen LogP contribution in [0.25, 0.3) is 5.57 Å². The first-order chi connectivity index (χ1) is 15.8. The van der Waals surface area contributed by atoms with Crippen molar-refractivity contribution < 1.29 is 12.8 Å². The number of aryl methyl sites for hydroxylation is 2. The Labute approximate surface area is 194 Å². The Hall–Kier alpha value is -3.10. The molecule has 2 heterocycles. The molecule has 1 aliphatic heterocycles. The molecule has 1 aromatic heterocycles. The van der Waals surface area contributed by atoms with E-state index >= 15 is 0 Å². The lowest BCUT2D eigenvalue weighted by Gasteiger charge is -2.34. The second kappa shape index (κ2) is 9.80. The van der Waals surface area contributed by atoms with E-state index in [1.807, 2.05) is 36.1 Å². The lowest BCUT2D eigenvalue weighted by atomic mass is 10.0. The number of nitrogens with zero attached hydrogens (tertiary/aromatic N) is 4. The summed E-state index contributed by atoms with van der Waals surface area (Å²) < 4.78 is 40.6. The van der Waals surface area contributed by atoms with Gasteiger partial charge in [-0.1, -0.05) is 36.9 Å². The van der Waals surface area contributed by atoms with Crippen LogP contribution in [0.5, 0.6) is 0 Å². The van der Waals surface area contributed by atoms with Gasteiger partial charge in [0, 0.05) is 26.2 Å². The third kappa shape index (κ3) is 5.29. The van der Waals surface area contributed by atoms with Gasteiger partial charge in [-0.2, -0.15) is 4.31 Å². The van der Waals surface area contributed by atoms with Crippen LogP contribution in [-0.4, -0.2) is 49.1 Å². The van der Waals surface area contributed by atoms with Crippen LogP contribution in [0.2, 0.25) is 0 Å². The Morgan fingerprint density at radius 3 is 2.30 bits per heavy atom. The van der Waals surface area contributed by atoms with Crippen LogP contribution in [0.1, 0.15) is 23.2 Å². The van der Waals surface area contributed by atoms with Crippen LogP contribution in [-0.2, 0) is 16.4 Å². The number of rotatable bonds is 7. The van der Waals surface area contributed by atoms with Gasteiger partial charge in [-0.05, 0) is 66.8 Å². The monoisotopic (exact) mass is 466 g/mol. The van der Waals surface area contributed by atoms with Crippen LogP contribution in [0.15, 0.2) is 72.1 Å². The molecule has 0 unspecified atom stereocenters. The molecule has 172 valence electrons. The number of allylic oxidation sites excluding steroid dienone is 1. The van der Waals surface area contributed by atoms with Crippen LogP contribution in [0.3, 0.4) is 0 Å². The second-order valence-electron chi connectivity index (χ2n) is 8.16. The fourth-order valence-electron chi connectivity index (χ4n) is 3.90. The van der Waals surface area contributed by atoms with Crippen molar-refractivity contribution in [1.82, 2.24) is 14.5 Å². The summed E-state index contributed by atoms with van der Waals surface area (Å²) in [6.45, 7) is 7.80. The van der Waals surface area contributed by atoms with E-state index in [2.05, 4.69) is 16.8 Å². The summed E-state index contributed by atoms with van der Waals surface area (Å²) >= 11 is 0. The van der Waals surface area contributed by atoms with Gasteiger partial charge in [0.15, 0.2) is 5.82 Å². The van der Waals surface area contributed by atoms with Gasteiger partial charge >= 0.3 is 0 Å². The summed E-state index contributed by atoms with van der Waals surface area (Å²) in [5.74, 6) is 0.477. The van der Waals surface area contributed by atoms with Gasteiger partial charge in [0.1, 0.15) is 5.82 Å². The van der Waals surface area contributed by atoms with Crippen LogP contribution >= 0.6 is 0 Å². The van der Waals surface area contributed by atoms with E-state index in [0.29, 0.717) is 37.5 Å². The molecular formula is C25H27FN4O2S. The van der Waals surface area contributed by atoms with Gasteiger partial charge in [-0.15, -0.1) is 10.2 Å². The molecule has 0 spiro atoms. The minimum absolute atomic E-state index is 0.243. The highest BCUT2D eigenvalue weighted by Gasteiger charge is 2.29. The van der Waals surface area contributed by atoms with Crippen molar-refractivity contribution in [3.63, 3.8) is 0 Å². The van der Waals surface area contributed by atoms with Crippen molar-refractivity contribution in [2.75, 3.05) is 31.1 Å². The van der Waals surface area contributed by atoms with E-state index in [4.69, 9.17) is 0 Å². The minimum atomic E-state index is -3.51. The quantitative estimate of drug-likeness (QED) is 0.525. The van der Waals surface area contributed by atoms with Crippen molar-refractivity contribution in [1.29, 1.82) is 0 Å². The van der Waals surface area contributed by atoms with Gasteiger partial charge in [0.25, 0.3) is 0 Å². The molecule has 0 bridgehead atoms. The summed E-state index contributed by atoms with van der Waals surface area (Å²) in [5.41, 5.74) is 3.39. The molecule has 6 nitrogen and oxygen atoms in total. The van der Waals surface area contributed by atoms with E-state index in [9.17, 15) is 12.8 Å². The average Bonchev–Trinajstić information content (AvgIpc) is 2.84. The maximum Gasteiger partial charge on any atom is 0.243 e. The van der Waals surface area contributed by atoms with E-state index in [1.165, 1.54) is 16.4 Å². The van der Waals surface area contributed by atoms with Crippen LogP contribution < -0.4 is 4.90 Å². The third-order valence-corrected chi connectivity index (χ3v) is 7.97. The molecule has 0 N–H and O–H groups in total. The number of hydrogen-bond donors (Lipinski definition) is 0. The molecule has 8 heteroatoms. The van der Waals surface area contributed by atoms with Crippen LogP contribution in [0.4, 0.5) is 10.2 Å². The summed E-state index contributed by atoms with van der Waals surface area (Å²) in [4.78, 5) is 2.41. The summed E-state index contributed by atoms with van der Waals surface area (Å²) in [5, 5.41) is 8.67. The molecule has 1 saturated heterocycles. The Morgan fingerprint density at radius 2 is 1.67 bits per heavy atom. The summed E-state index contributed by atoms with van der Waals surface area (Å²) in [7, 11) is -3.51. The average molecular weight is 467 g/mol. The number of hydrogen-bond acceptors (Lipinski definition) is 5. The smallest absolute Gasteiger partial charge is 0.243 e. The highest BCUT2D eigenvalue weighted by Crippen LogP contribution is 2.23. The molecule has 0 aliphatic carbocycles. The normalized spacial score (nSPS) is 14.9. The molecule has 0 amide bonds. The fraction of sp³-hybridized carbons (Fsp3) is 0.280. The predicted octanol–water partition coefficient (Wildman–Crippen LogP) is 4.08. The zero-order valence-corrected chi connectivity index (χ0v) is 19.4. The van der Waals surface area contributed by atoms with Crippen molar-refractivity contribution in [2.24, 2.45) is 0 Å². The Kier molecular flexibility index (Phi) is 6.85. The highest BCUT2D eigenvalue weighted by atomic mass is 32.2. The molecule has 33 heavy (non-hydrogen) atoms. The van der Waals surface area contributed by atoms with E-state index in [1.54, 1.807) is 24.3 Å². The first kappa shape index (κ1) is 23.1. The van der Waals surface area contributed by atoms with Gasteiger partial charge in [-0.3, -0.25) is 0 Å². The number of benzene rings is 2. The van der Waals surface area contributed by atoms with Gasteiger partial charge < -0.3 is 4.90 Å². The number of anilines is 1. The Balaban J connectivity index is 1.34. The van der Waals surface area contributed by atoms with Gasteiger partial charge in [-0.25, -0.2) is 12.8 Å². The molecule has 0 radical (unpaired) electrons. The van der Waals surface area contributed by atoms with E-state index in [0.717, 1.165) is 34.6 Å². The number of halogens is 1. The first-order valence-electron chi connectivity index (χ1n) is 10.9. The fourth-order valence-corrected chi connectivity index (χ4v) is 5.55. The topological polar surface area (TPSA) is 66.4 Å². The second-order valence-corrected chi connectivity index (χ2v) is 10.1. The maximum atomic E-state index is 13.0. The molecule has 4 rings (SSSR count). The van der Waals surface area contributed by atoms with Crippen molar-refractivity contribution >= 4 is 21.4 Å². The van der Waals surface area contributed by atoms with Gasteiger partial charge in [0.05, 0.1) is 10.6 Å². The SMILES string of the molecule is C=C(CCc1ccc(F)cc1)c1ccc(N2CCN(S(=O)(=O)c3ccccc3C)CC2)nn1. The lowest BCUT2D eigenvalue weighted by Crippen LogP contribution is -2.49. The van der Waals surface area contributed by atoms with Crippen molar-refractivity contribution in [3.05, 3.63) is 89.9 Å². The zero-order valence-electron chi connectivity index (χ0n) is 18.6. The Morgan fingerprint density at radius 1 is 0.970 bits per heavy atom. The van der Waals surface area contributed by atoms with Gasteiger partial charge in [0.2, 0.25) is 10.0 Å². The summed E-state index contributed by atoms with van der Waals surface area (Å²) in [6, 6.07) is 17.3. The highest BCUT2D eigenvalue weighted by molar-refractivity contribution is 7.89. The van der Waals surface area contributed by atoms with E-state index < -0.39 is 10.0 Å². The van der Waals surface area contributed by atoms with Crippen LogP contribution in [0, 0.1) is 12.7 Å². The summed E-state index contributed by atoms with van der Waals surface area (Å²) in [6.07, 6.45) is 1.45. The molecule has 2 aromatic carbocycles. The standard InChI is InChI=1S/C25H27FN4O2S/c1-19(7-8-21-9-11-22(26)12-10-21)23-13-14-25(28-27-23)29-15-17-30(18-16-29)33(31,32)24-6-4-3-5-20(24)2/h3-6,9-14H,1,7-8,15-18H2,2H3. The number of sulfonamides is 1. The van der Waals surface area contributed by atoms with E-state index in [-0.39, 0.29) is 5.82 Å². The molecule has 1 aliphatic rings. The molecule has 3 aromatic rings. The number of piperazine rings is 1. The maximum absolute atomic E-state index is 13.0. The molecule has 0 atom stereocenters. The Bertz CT molecular complexity index is 1220. The minimum Gasteiger partial charge on any atom is -0.352 e. The predicted molar refractivity (Wildman–Crippen MR) is 128 cm³/mol. The molecule has 1 fully saturated rings. The first-order valence-corrected chi connectivity index (χ1v) is 12.4. The largest absolute Gasteiger partial charge is 0.352 e.